The molecule has 0 aliphatic rings. The third-order valence-electron chi connectivity index (χ3n) is 2.45. The van der Waals surface area contributed by atoms with E-state index >= 15 is 0 Å². The SMILES string of the molecule is CC(C)(C)OCC(=O)NCC(O)c1ccc(N)cc1. The van der Waals surface area contributed by atoms with Crippen LogP contribution in [0, 0.1) is 0 Å². The van der Waals surface area contributed by atoms with Gasteiger partial charge in [0, 0.05) is 12.2 Å². The quantitative estimate of drug-likeness (QED) is 0.700. The van der Waals surface area contributed by atoms with Crippen LogP contribution in [0.25, 0.3) is 0 Å². The molecule has 0 fully saturated rings. The molecule has 5 nitrogen and oxygen atoms in total. The van der Waals surface area contributed by atoms with Crippen LogP contribution in [0.3, 0.4) is 0 Å². The minimum absolute atomic E-state index is 0.0159. The molecule has 0 radical (unpaired) electrons. The Bertz CT molecular complexity index is 410. The maximum atomic E-state index is 11.5. The van der Waals surface area contributed by atoms with E-state index in [2.05, 4.69) is 5.32 Å². The molecule has 0 saturated heterocycles. The molecule has 0 aliphatic carbocycles. The fourth-order valence-corrected chi connectivity index (χ4v) is 1.38. The van der Waals surface area contributed by atoms with Gasteiger partial charge >= 0.3 is 0 Å². The lowest BCUT2D eigenvalue weighted by Gasteiger charge is -2.19. The van der Waals surface area contributed by atoms with Crippen LogP contribution in [0.4, 0.5) is 5.69 Å². The average molecular weight is 266 g/mol. The molecular weight excluding hydrogens is 244 g/mol. The first-order valence-electron chi connectivity index (χ1n) is 6.22. The number of aliphatic hydroxyl groups is 1. The molecule has 1 rings (SSSR count). The lowest BCUT2D eigenvalue weighted by atomic mass is 10.1. The first-order valence-corrected chi connectivity index (χ1v) is 6.22. The van der Waals surface area contributed by atoms with Crippen LogP contribution in [0.2, 0.25) is 0 Å². The lowest BCUT2D eigenvalue weighted by molar-refractivity contribution is -0.131. The van der Waals surface area contributed by atoms with Gasteiger partial charge in [-0.05, 0) is 38.5 Å². The Morgan fingerprint density at radius 1 is 1.37 bits per heavy atom. The van der Waals surface area contributed by atoms with Crippen molar-refractivity contribution in [3.8, 4) is 0 Å². The van der Waals surface area contributed by atoms with Crippen molar-refractivity contribution in [2.75, 3.05) is 18.9 Å². The Hall–Kier alpha value is -1.59. The van der Waals surface area contributed by atoms with Gasteiger partial charge in [-0.15, -0.1) is 0 Å². The summed E-state index contributed by atoms with van der Waals surface area (Å²) in [6, 6.07) is 6.89. The van der Waals surface area contributed by atoms with Gasteiger partial charge in [0.2, 0.25) is 5.91 Å². The number of amides is 1. The predicted molar refractivity (Wildman–Crippen MR) is 74.5 cm³/mol. The molecule has 5 heteroatoms. The van der Waals surface area contributed by atoms with Crippen molar-refractivity contribution in [3.05, 3.63) is 29.8 Å². The van der Waals surface area contributed by atoms with Crippen molar-refractivity contribution >= 4 is 11.6 Å². The first-order chi connectivity index (χ1) is 8.78. The average Bonchev–Trinajstić information content (AvgIpc) is 2.33. The van der Waals surface area contributed by atoms with Crippen LogP contribution < -0.4 is 11.1 Å². The van der Waals surface area contributed by atoms with Gasteiger partial charge < -0.3 is 20.9 Å². The molecule has 1 atom stereocenters. The third-order valence-corrected chi connectivity index (χ3v) is 2.45. The van der Waals surface area contributed by atoms with E-state index in [4.69, 9.17) is 10.5 Å². The number of nitrogens with one attached hydrogen (secondary N) is 1. The molecular formula is C14H22N2O3. The second-order valence-corrected chi connectivity index (χ2v) is 5.39. The van der Waals surface area contributed by atoms with Crippen LogP contribution in [-0.4, -0.2) is 29.8 Å². The smallest absolute Gasteiger partial charge is 0.246 e. The Labute approximate surface area is 113 Å². The monoisotopic (exact) mass is 266 g/mol. The molecule has 1 unspecified atom stereocenters. The molecule has 0 bridgehead atoms. The van der Waals surface area contributed by atoms with Crippen LogP contribution in [0.15, 0.2) is 24.3 Å². The van der Waals surface area contributed by atoms with E-state index in [1.54, 1.807) is 24.3 Å². The van der Waals surface area contributed by atoms with Gasteiger partial charge in [0.25, 0.3) is 0 Å². The summed E-state index contributed by atoms with van der Waals surface area (Å²) >= 11 is 0. The van der Waals surface area contributed by atoms with Crippen molar-refractivity contribution in [2.24, 2.45) is 0 Å². The van der Waals surface area contributed by atoms with Crippen molar-refractivity contribution in [1.82, 2.24) is 5.32 Å². The van der Waals surface area contributed by atoms with E-state index in [0.29, 0.717) is 11.3 Å². The van der Waals surface area contributed by atoms with Gasteiger partial charge in [-0.2, -0.15) is 0 Å². The third kappa shape index (κ3) is 6.22. The topological polar surface area (TPSA) is 84.6 Å². The standard InChI is InChI=1S/C14H22N2O3/c1-14(2,3)19-9-13(18)16-8-12(17)10-4-6-11(15)7-5-10/h4-7,12,17H,8-9,15H2,1-3H3,(H,16,18). The van der Waals surface area contributed by atoms with Gasteiger partial charge in [0.1, 0.15) is 6.61 Å². The predicted octanol–water partition coefficient (Wildman–Crippen LogP) is 1.23. The molecule has 1 aromatic rings. The first kappa shape index (κ1) is 15.5. The number of carbonyl (C=O) groups is 1. The largest absolute Gasteiger partial charge is 0.399 e. The number of benzene rings is 1. The number of hydrogen-bond acceptors (Lipinski definition) is 4. The van der Waals surface area contributed by atoms with Gasteiger partial charge in [-0.1, -0.05) is 12.1 Å². The van der Waals surface area contributed by atoms with Crippen molar-refractivity contribution in [1.29, 1.82) is 0 Å². The molecule has 0 aliphatic heterocycles. The number of rotatable bonds is 5. The van der Waals surface area contributed by atoms with Crippen LogP contribution in [-0.2, 0) is 9.53 Å². The van der Waals surface area contributed by atoms with Gasteiger partial charge in [-0.25, -0.2) is 0 Å². The highest BCUT2D eigenvalue weighted by Gasteiger charge is 2.14. The minimum Gasteiger partial charge on any atom is -0.399 e. The van der Waals surface area contributed by atoms with E-state index in [9.17, 15) is 9.90 Å². The fourth-order valence-electron chi connectivity index (χ4n) is 1.38. The molecule has 1 aromatic carbocycles. The molecule has 0 spiro atoms. The normalized spacial score (nSPS) is 13.1. The zero-order chi connectivity index (χ0) is 14.5. The Morgan fingerprint density at radius 2 is 1.95 bits per heavy atom. The van der Waals surface area contributed by atoms with E-state index in [-0.39, 0.29) is 24.7 Å². The van der Waals surface area contributed by atoms with Crippen molar-refractivity contribution in [3.63, 3.8) is 0 Å². The maximum Gasteiger partial charge on any atom is 0.246 e. The highest BCUT2D eigenvalue weighted by atomic mass is 16.5. The van der Waals surface area contributed by atoms with Gasteiger partial charge in [0.05, 0.1) is 11.7 Å². The summed E-state index contributed by atoms with van der Waals surface area (Å²) in [4.78, 5) is 11.5. The summed E-state index contributed by atoms with van der Waals surface area (Å²) < 4.78 is 5.33. The number of carbonyl (C=O) groups excluding carboxylic acids is 1. The highest BCUT2D eigenvalue weighted by Crippen LogP contribution is 2.13. The number of nitrogen functional groups attached to an aromatic ring is 1. The number of aliphatic hydroxyl groups excluding tert-OH is 1. The summed E-state index contributed by atoms with van der Waals surface area (Å²) in [6.45, 7) is 5.77. The summed E-state index contributed by atoms with van der Waals surface area (Å²) in [7, 11) is 0. The molecule has 0 aromatic heterocycles. The zero-order valence-electron chi connectivity index (χ0n) is 11.6. The van der Waals surface area contributed by atoms with E-state index in [1.807, 2.05) is 20.8 Å². The Kier molecular flexibility index (Phi) is 5.32. The molecule has 1 amide bonds. The zero-order valence-corrected chi connectivity index (χ0v) is 11.6. The molecule has 0 saturated carbocycles. The molecule has 4 N–H and O–H groups in total. The second kappa shape index (κ2) is 6.54. The summed E-state index contributed by atoms with van der Waals surface area (Å²) in [6.07, 6.45) is -0.751. The summed E-state index contributed by atoms with van der Waals surface area (Å²) in [5, 5.41) is 12.5. The van der Waals surface area contributed by atoms with Gasteiger partial charge in [0.15, 0.2) is 0 Å². The lowest BCUT2D eigenvalue weighted by Crippen LogP contribution is -2.34. The molecule has 106 valence electrons. The molecule has 19 heavy (non-hydrogen) atoms. The maximum absolute atomic E-state index is 11.5. The van der Waals surface area contributed by atoms with Crippen molar-refractivity contribution < 1.29 is 14.6 Å². The van der Waals surface area contributed by atoms with E-state index < -0.39 is 6.10 Å². The van der Waals surface area contributed by atoms with Crippen LogP contribution in [0.1, 0.15) is 32.4 Å². The highest BCUT2D eigenvalue weighted by molar-refractivity contribution is 5.77. The second-order valence-electron chi connectivity index (χ2n) is 5.39. The number of anilines is 1. The summed E-state index contributed by atoms with van der Waals surface area (Å²) in [5.74, 6) is -0.246. The Morgan fingerprint density at radius 3 is 2.47 bits per heavy atom. The van der Waals surface area contributed by atoms with E-state index in [1.165, 1.54) is 0 Å². The van der Waals surface area contributed by atoms with Gasteiger partial charge in [-0.3, -0.25) is 4.79 Å². The number of hydrogen-bond donors (Lipinski definition) is 3. The van der Waals surface area contributed by atoms with Crippen molar-refractivity contribution in [2.45, 2.75) is 32.5 Å². The Balaban J connectivity index is 2.35. The number of ether oxygens (including phenoxy) is 1. The van der Waals surface area contributed by atoms with Crippen LogP contribution >= 0.6 is 0 Å². The number of nitrogens with two attached hydrogens (primary N) is 1. The minimum atomic E-state index is -0.751. The summed E-state index contributed by atoms with van der Waals surface area (Å²) in [5.41, 5.74) is 6.56. The van der Waals surface area contributed by atoms with E-state index in [0.717, 1.165) is 0 Å². The van der Waals surface area contributed by atoms with Crippen LogP contribution in [0.5, 0.6) is 0 Å². The fraction of sp³-hybridized carbons (Fsp3) is 0.500. The molecule has 0 heterocycles.